The Kier molecular flexibility index (Phi) is 3.60. The fraction of sp³-hybridized carbons (Fsp3) is 0.400. The topological polar surface area (TPSA) is 71.8 Å². The van der Waals surface area contributed by atoms with E-state index in [1.54, 1.807) is 4.68 Å². The lowest BCUT2D eigenvalue weighted by Crippen LogP contribution is -2.30. The molecular weight excluding hydrogens is 266 g/mol. The van der Waals surface area contributed by atoms with Crippen molar-refractivity contribution in [3.05, 3.63) is 41.5 Å². The van der Waals surface area contributed by atoms with Crippen molar-refractivity contribution in [1.29, 1.82) is 0 Å². The predicted octanol–water partition coefficient (Wildman–Crippen LogP) is 1.66. The minimum Gasteiger partial charge on any atom is -0.384 e. The van der Waals surface area contributed by atoms with Gasteiger partial charge in [0.1, 0.15) is 12.2 Å². The second-order valence-electron chi connectivity index (χ2n) is 5.31. The van der Waals surface area contributed by atoms with Crippen molar-refractivity contribution in [3.8, 4) is 0 Å². The Balaban J connectivity index is 1.81. The number of aryl methyl sites for hydroxylation is 2. The van der Waals surface area contributed by atoms with Crippen molar-refractivity contribution >= 4 is 11.6 Å². The van der Waals surface area contributed by atoms with Crippen LogP contribution in [0.1, 0.15) is 41.1 Å². The van der Waals surface area contributed by atoms with Crippen molar-refractivity contribution in [2.24, 2.45) is 7.05 Å². The third kappa shape index (κ3) is 2.61. The number of amides is 1. The van der Waals surface area contributed by atoms with Crippen LogP contribution in [-0.4, -0.2) is 27.2 Å². The molecule has 0 fully saturated rings. The van der Waals surface area contributed by atoms with Gasteiger partial charge in [-0.3, -0.25) is 9.48 Å². The van der Waals surface area contributed by atoms with Gasteiger partial charge >= 0.3 is 0 Å². The molecule has 1 atom stereocenters. The number of hydrogen-bond donors (Lipinski definition) is 2. The molecule has 1 amide bonds. The summed E-state index contributed by atoms with van der Waals surface area (Å²) in [4.78, 5) is 16.7. The summed E-state index contributed by atoms with van der Waals surface area (Å²) < 4.78 is 1.67. The maximum atomic E-state index is 12.5. The van der Waals surface area contributed by atoms with Crippen LogP contribution in [0.15, 0.2) is 24.5 Å². The molecule has 110 valence electrons. The van der Waals surface area contributed by atoms with E-state index < -0.39 is 0 Å². The van der Waals surface area contributed by atoms with Crippen molar-refractivity contribution in [1.82, 2.24) is 20.1 Å². The maximum Gasteiger partial charge on any atom is 0.253 e. The van der Waals surface area contributed by atoms with Crippen LogP contribution in [0.25, 0.3) is 0 Å². The van der Waals surface area contributed by atoms with Crippen LogP contribution in [0.3, 0.4) is 0 Å². The van der Waals surface area contributed by atoms with Crippen molar-refractivity contribution in [3.63, 3.8) is 0 Å². The zero-order valence-corrected chi connectivity index (χ0v) is 12.3. The van der Waals surface area contributed by atoms with E-state index >= 15 is 0 Å². The number of benzene rings is 1. The Morgan fingerprint density at radius 2 is 2.33 bits per heavy atom. The highest BCUT2D eigenvalue weighted by Crippen LogP contribution is 2.26. The van der Waals surface area contributed by atoms with Gasteiger partial charge in [0.25, 0.3) is 5.91 Å². The summed E-state index contributed by atoms with van der Waals surface area (Å²) in [6.45, 7) is 2.82. The molecule has 1 aromatic carbocycles. The Bertz CT molecular complexity index is 664. The number of nitrogens with zero attached hydrogens (tertiary/aromatic N) is 3. The Morgan fingerprint density at radius 3 is 3.10 bits per heavy atom. The first kappa shape index (κ1) is 13.6. The molecule has 6 nitrogen and oxygen atoms in total. The molecule has 0 aliphatic carbocycles. The average Bonchev–Trinajstić information content (AvgIpc) is 2.92. The molecule has 1 aliphatic rings. The number of anilines is 1. The van der Waals surface area contributed by atoms with Crippen LogP contribution in [-0.2, 0) is 13.5 Å². The SMILES string of the molecule is CC(NC(=O)c1cccc2c1NCCC2)c1ncnn1C. The molecule has 2 heterocycles. The molecule has 0 spiro atoms. The molecule has 0 radical (unpaired) electrons. The van der Waals surface area contributed by atoms with Crippen LogP contribution in [0, 0.1) is 0 Å². The van der Waals surface area contributed by atoms with Gasteiger partial charge in [-0.15, -0.1) is 0 Å². The van der Waals surface area contributed by atoms with Gasteiger partial charge in [-0.2, -0.15) is 5.10 Å². The normalized spacial score (nSPS) is 15.0. The molecule has 6 heteroatoms. The molecule has 1 aromatic heterocycles. The van der Waals surface area contributed by atoms with Gasteiger partial charge in [0.15, 0.2) is 0 Å². The first-order valence-corrected chi connectivity index (χ1v) is 7.17. The molecule has 1 unspecified atom stereocenters. The maximum absolute atomic E-state index is 12.5. The first-order valence-electron chi connectivity index (χ1n) is 7.17. The lowest BCUT2D eigenvalue weighted by atomic mass is 9.99. The first-order chi connectivity index (χ1) is 10.2. The Labute approximate surface area is 123 Å². The number of aromatic nitrogens is 3. The van der Waals surface area contributed by atoms with Crippen LogP contribution < -0.4 is 10.6 Å². The number of para-hydroxylation sites is 1. The summed E-state index contributed by atoms with van der Waals surface area (Å²) in [5, 5.41) is 10.4. The van der Waals surface area contributed by atoms with Gasteiger partial charge in [0.05, 0.1) is 17.3 Å². The molecule has 21 heavy (non-hydrogen) atoms. The molecular formula is C15H19N5O. The van der Waals surface area contributed by atoms with E-state index in [0.29, 0.717) is 5.56 Å². The highest BCUT2D eigenvalue weighted by Gasteiger charge is 2.20. The molecule has 0 saturated heterocycles. The lowest BCUT2D eigenvalue weighted by molar-refractivity contribution is 0.0938. The number of hydrogen-bond acceptors (Lipinski definition) is 4. The predicted molar refractivity (Wildman–Crippen MR) is 80.1 cm³/mol. The smallest absolute Gasteiger partial charge is 0.253 e. The van der Waals surface area contributed by atoms with Crippen LogP contribution in [0.2, 0.25) is 0 Å². The number of fused-ring (bicyclic) bond motifs is 1. The summed E-state index contributed by atoms with van der Waals surface area (Å²) in [6, 6.07) is 5.68. The number of rotatable bonds is 3. The molecule has 0 bridgehead atoms. The third-order valence-electron chi connectivity index (χ3n) is 3.80. The highest BCUT2D eigenvalue weighted by atomic mass is 16.1. The monoisotopic (exact) mass is 285 g/mol. The fourth-order valence-corrected chi connectivity index (χ4v) is 2.73. The quantitative estimate of drug-likeness (QED) is 0.899. The largest absolute Gasteiger partial charge is 0.384 e. The Morgan fingerprint density at radius 1 is 1.48 bits per heavy atom. The van der Waals surface area contributed by atoms with Gasteiger partial charge in [-0.1, -0.05) is 12.1 Å². The summed E-state index contributed by atoms with van der Waals surface area (Å²) in [6.07, 6.45) is 3.61. The van der Waals surface area contributed by atoms with E-state index in [9.17, 15) is 4.79 Å². The molecule has 2 aromatic rings. The summed E-state index contributed by atoms with van der Waals surface area (Å²) in [5.74, 6) is 0.651. The number of carbonyl (C=O) groups is 1. The minimum atomic E-state index is -0.190. The van der Waals surface area contributed by atoms with Gasteiger partial charge in [-0.25, -0.2) is 4.98 Å². The van der Waals surface area contributed by atoms with Crippen LogP contribution in [0.5, 0.6) is 0 Å². The van der Waals surface area contributed by atoms with E-state index in [1.165, 1.54) is 11.9 Å². The van der Waals surface area contributed by atoms with Crippen LogP contribution in [0.4, 0.5) is 5.69 Å². The molecule has 0 saturated carbocycles. The van der Waals surface area contributed by atoms with E-state index in [0.717, 1.165) is 30.9 Å². The van der Waals surface area contributed by atoms with Gasteiger partial charge in [0.2, 0.25) is 0 Å². The Hall–Kier alpha value is -2.37. The number of nitrogens with one attached hydrogen (secondary N) is 2. The van der Waals surface area contributed by atoms with Gasteiger partial charge in [-0.05, 0) is 31.4 Å². The molecule has 3 rings (SSSR count). The zero-order chi connectivity index (χ0) is 14.8. The van der Waals surface area contributed by atoms with Crippen molar-refractivity contribution < 1.29 is 4.79 Å². The van der Waals surface area contributed by atoms with Gasteiger partial charge < -0.3 is 10.6 Å². The molecule has 2 N–H and O–H groups in total. The highest BCUT2D eigenvalue weighted by molar-refractivity contribution is 6.00. The summed E-state index contributed by atoms with van der Waals surface area (Å²) in [5.41, 5.74) is 2.87. The standard InChI is InChI=1S/C15H19N5O/c1-10(14-17-9-18-20(14)2)19-15(21)12-7-3-5-11-6-4-8-16-13(11)12/h3,5,7,9-10,16H,4,6,8H2,1-2H3,(H,19,21). The fourth-order valence-electron chi connectivity index (χ4n) is 2.73. The lowest BCUT2D eigenvalue weighted by Gasteiger charge is -2.21. The summed E-state index contributed by atoms with van der Waals surface area (Å²) in [7, 11) is 1.82. The van der Waals surface area contributed by atoms with E-state index in [4.69, 9.17) is 0 Å². The third-order valence-corrected chi connectivity index (χ3v) is 3.80. The van der Waals surface area contributed by atoms with Crippen LogP contribution >= 0.6 is 0 Å². The van der Waals surface area contributed by atoms with E-state index in [-0.39, 0.29) is 11.9 Å². The zero-order valence-electron chi connectivity index (χ0n) is 12.3. The number of carbonyl (C=O) groups excluding carboxylic acids is 1. The molecule has 1 aliphatic heterocycles. The van der Waals surface area contributed by atoms with E-state index in [1.807, 2.05) is 26.1 Å². The van der Waals surface area contributed by atoms with Crippen molar-refractivity contribution in [2.75, 3.05) is 11.9 Å². The second-order valence-corrected chi connectivity index (χ2v) is 5.31. The van der Waals surface area contributed by atoms with E-state index in [2.05, 4.69) is 26.8 Å². The van der Waals surface area contributed by atoms with Crippen molar-refractivity contribution in [2.45, 2.75) is 25.8 Å². The minimum absolute atomic E-state index is 0.0863. The van der Waals surface area contributed by atoms with Gasteiger partial charge in [0, 0.05) is 13.6 Å². The second kappa shape index (κ2) is 5.55. The average molecular weight is 285 g/mol. The summed E-state index contributed by atoms with van der Waals surface area (Å²) >= 11 is 0.